The zero-order valence-corrected chi connectivity index (χ0v) is 14.7. The SMILES string of the molecule is O=C(O)/C(=C\c1ccc(-c2cccc(C(F)(F)F)c2)o1)NC(=O)c1ccccc1. The number of hydrogen-bond acceptors (Lipinski definition) is 3. The molecule has 29 heavy (non-hydrogen) atoms. The maximum Gasteiger partial charge on any atom is 0.416 e. The smallest absolute Gasteiger partial charge is 0.416 e. The van der Waals surface area contributed by atoms with E-state index in [1.165, 1.54) is 36.4 Å². The minimum absolute atomic E-state index is 0.0585. The fourth-order valence-electron chi connectivity index (χ4n) is 2.51. The molecule has 1 amide bonds. The zero-order chi connectivity index (χ0) is 21.0. The molecule has 0 bridgehead atoms. The second-order valence-electron chi connectivity index (χ2n) is 5.96. The fraction of sp³-hybridized carbons (Fsp3) is 0.0476. The molecule has 0 spiro atoms. The third-order valence-electron chi connectivity index (χ3n) is 3.90. The molecule has 2 N–H and O–H groups in total. The molecule has 0 aliphatic carbocycles. The summed E-state index contributed by atoms with van der Waals surface area (Å²) in [5.74, 6) is -1.83. The highest BCUT2D eigenvalue weighted by atomic mass is 19.4. The Bertz CT molecular complexity index is 1070. The number of amides is 1. The van der Waals surface area contributed by atoms with E-state index in [1.54, 1.807) is 18.2 Å². The van der Waals surface area contributed by atoms with Crippen molar-refractivity contribution in [2.45, 2.75) is 6.18 Å². The summed E-state index contributed by atoms with van der Waals surface area (Å²) in [5, 5.41) is 11.6. The summed E-state index contributed by atoms with van der Waals surface area (Å²) in [5.41, 5.74) is -0.818. The maximum absolute atomic E-state index is 12.9. The monoisotopic (exact) mass is 401 g/mol. The van der Waals surface area contributed by atoms with Gasteiger partial charge >= 0.3 is 12.1 Å². The molecule has 0 unspecified atom stereocenters. The van der Waals surface area contributed by atoms with Crippen LogP contribution in [0.4, 0.5) is 13.2 Å². The number of carboxylic acid groups (broad SMARTS) is 1. The number of halogens is 3. The molecule has 3 aromatic rings. The first-order valence-corrected chi connectivity index (χ1v) is 8.33. The van der Waals surface area contributed by atoms with Crippen molar-refractivity contribution in [3.8, 4) is 11.3 Å². The molecule has 0 aliphatic heterocycles. The van der Waals surface area contributed by atoms with Crippen LogP contribution in [0.15, 0.2) is 76.8 Å². The Morgan fingerprint density at radius 1 is 0.966 bits per heavy atom. The average Bonchev–Trinajstić information content (AvgIpc) is 3.16. The molecule has 0 saturated heterocycles. The van der Waals surface area contributed by atoms with Gasteiger partial charge in [-0.1, -0.05) is 30.3 Å². The molecule has 1 heterocycles. The number of carbonyl (C=O) groups excluding carboxylic acids is 1. The quantitative estimate of drug-likeness (QED) is 0.601. The molecule has 5 nitrogen and oxygen atoms in total. The van der Waals surface area contributed by atoms with Crippen LogP contribution in [0.25, 0.3) is 17.4 Å². The lowest BCUT2D eigenvalue weighted by atomic mass is 10.1. The number of hydrogen-bond donors (Lipinski definition) is 2. The van der Waals surface area contributed by atoms with Crippen molar-refractivity contribution in [2.24, 2.45) is 0 Å². The number of nitrogens with one attached hydrogen (secondary N) is 1. The van der Waals surface area contributed by atoms with Gasteiger partial charge in [-0.15, -0.1) is 0 Å². The van der Waals surface area contributed by atoms with Gasteiger partial charge in [0.25, 0.3) is 5.91 Å². The molecule has 148 valence electrons. The predicted molar refractivity (Wildman–Crippen MR) is 98.7 cm³/mol. The standard InChI is InChI=1S/C21H14F3NO4/c22-21(23,24)15-8-4-7-14(11-15)18-10-9-16(29-18)12-17(20(27)28)25-19(26)13-5-2-1-3-6-13/h1-12H,(H,25,26)(H,27,28)/b17-12+. The van der Waals surface area contributed by atoms with Crippen molar-refractivity contribution >= 4 is 18.0 Å². The first-order valence-electron chi connectivity index (χ1n) is 8.33. The van der Waals surface area contributed by atoms with E-state index in [-0.39, 0.29) is 22.6 Å². The van der Waals surface area contributed by atoms with Gasteiger partial charge in [0, 0.05) is 17.2 Å². The van der Waals surface area contributed by atoms with E-state index in [1.807, 2.05) is 0 Å². The van der Waals surface area contributed by atoms with E-state index < -0.39 is 29.3 Å². The van der Waals surface area contributed by atoms with Crippen molar-refractivity contribution < 1.29 is 32.3 Å². The summed E-state index contributed by atoms with van der Waals surface area (Å²) in [6.45, 7) is 0. The fourth-order valence-corrected chi connectivity index (χ4v) is 2.51. The highest BCUT2D eigenvalue weighted by molar-refractivity contribution is 6.02. The van der Waals surface area contributed by atoms with Crippen molar-refractivity contribution in [2.75, 3.05) is 0 Å². The van der Waals surface area contributed by atoms with Crippen LogP contribution in [0.2, 0.25) is 0 Å². The molecule has 0 atom stereocenters. The Morgan fingerprint density at radius 3 is 2.34 bits per heavy atom. The van der Waals surface area contributed by atoms with E-state index >= 15 is 0 Å². The molecular formula is C21H14F3NO4. The van der Waals surface area contributed by atoms with Gasteiger partial charge in [0.15, 0.2) is 0 Å². The van der Waals surface area contributed by atoms with Crippen molar-refractivity contribution in [1.29, 1.82) is 0 Å². The minimum Gasteiger partial charge on any atom is -0.477 e. The van der Waals surface area contributed by atoms with Gasteiger partial charge < -0.3 is 14.8 Å². The van der Waals surface area contributed by atoms with Crippen LogP contribution >= 0.6 is 0 Å². The second-order valence-corrected chi connectivity index (χ2v) is 5.96. The van der Waals surface area contributed by atoms with Gasteiger partial charge in [-0.05, 0) is 36.4 Å². The Kier molecular flexibility index (Phi) is 5.54. The summed E-state index contributed by atoms with van der Waals surface area (Å²) in [4.78, 5) is 23.6. The van der Waals surface area contributed by atoms with Crippen molar-refractivity contribution in [1.82, 2.24) is 5.32 Å². The molecule has 0 aliphatic rings. The summed E-state index contributed by atoms with van der Waals surface area (Å²) in [6, 6.07) is 15.4. The Morgan fingerprint density at radius 2 is 1.69 bits per heavy atom. The van der Waals surface area contributed by atoms with Gasteiger partial charge in [0.1, 0.15) is 17.2 Å². The highest BCUT2D eigenvalue weighted by Gasteiger charge is 2.30. The largest absolute Gasteiger partial charge is 0.477 e. The van der Waals surface area contributed by atoms with E-state index in [0.717, 1.165) is 18.2 Å². The van der Waals surface area contributed by atoms with Gasteiger partial charge in [-0.2, -0.15) is 13.2 Å². The highest BCUT2D eigenvalue weighted by Crippen LogP contribution is 2.32. The van der Waals surface area contributed by atoms with Crippen LogP contribution in [0.1, 0.15) is 21.7 Å². The van der Waals surface area contributed by atoms with Crippen LogP contribution in [0.5, 0.6) is 0 Å². The van der Waals surface area contributed by atoms with Crippen molar-refractivity contribution in [3.05, 3.63) is 89.3 Å². The number of benzene rings is 2. The predicted octanol–water partition coefficient (Wildman–Crippen LogP) is 4.82. The first kappa shape index (κ1) is 19.9. The van der Waals surface area contributed by atoms with Crippen LogP contribution in [-0.4, -0.2) is 17.0 Å². The number of carboxylic acids is 1. The Hall–Kier alpha value is -3.81. The zero-order valence-electron chi connectivity index (χ0n) is 14.7. The van der Waals surface area contributed by atoms with Crippen molar-refractivity contribution in [3.63, 3.8) is 0 Å². The number of rotatable bonds is 5. The summed E-state index contributed by atoms with van der Waals surface area (Å²) < 4.78 is 44.0. The van der Waals surface area contributed by atoms with Crippen LogP contribution in [0.3, 0.4) is 0 Å². The Balaban J connectivity index is 1.85. The molecule has 2 aromatic carbocycles. The van der Waals surface area contributed by atoms with Gasteiger partial charge in [0.2, 0.25) is 0 Å². The normalized spacial score (nSPS) is 11.9. The molecule has 0 saturated carbocycles. The number of aliphatic carboxylic acids is 1. The Labute approximate surface area is 163 Å². The van der Waals surface area contributed by atoms with Gasteiger partial charge in [-0.3, -0.25) is 4.79 Å². The summed E-state index contributed by atoms with van der Waals surface area (Å²) in [7, 11) is 0. The maximum atomic E-state index is 12.9. The average molecular weight is 401 g/mol. The molecule has 3 rings (SSSR count). The van der Waals surface area contributed by atoms with Crippen LogP contribution < -0.4 is 5.32 Å². The molecule has 0 fully saturated rings. The topological polar surface area (TPSA) is 79.5 Å². The van der Waals surface area contributed by atoms with Gasteiger partial charge in [0.05, 0.1) is 5.56 Å². The number of alkyl halides is 3. The third-order valence-corrected chi connectivity index (χ3v) is 3.90. The molecular weight excluding hydrogens is 387 g/mol. The van der Waals surface area contributed by atoms with E-state index in [0.29, 0.717) is 0 Å². The summed E-state index contributed by atoms with van der Waals surface area (Å²) in [6.07, 6.45) is -3.41. The number of furan rings is 1. The van der Waals surface area contributed by atoms with Gasteiger partial charge in [-0.25, -0.2) is 4.79 Å². The number of carbonyl (C=O) groups is 2. The van der Waals surface area contributed by atoms with Crippen LogP contribution in [0, 0.1) is 0 Å². The van der Waals surface area contributed by atoms with E-state index in [9.17, 15) is 27.9 Å². The molecule has 0 radical (unpaired) electrons. The summed E-state index contributed by atoms with van der Waals surface area (Å²) >= 11 is 0. The lowest BCUT2D eigenvalue weighted by Crippen LogP contribution is -2.27. The third kappa shape index (κ3) is 4.92. The molecule has 8 heteroatoms. The lowest BCUT2D eigenvalue weighted by molar-refractivity contribution is -0.137. The first-order chi connectivity index (χ1) is 13.7. The van der Waals surface area contributed by atoms with E-state index in [4.69, 9.17) is 4.42 Å². The second kappa shape index (κ2) is 8.05. The van der Waals surface area contributed by atoms with Crippen LogP contribution in [-0.2, 0) is 11.0 Å². The molecule has 1 aromatic heterocycles. The minimum atomic E-state index is -4.50. The lowest BCUT2D eigenvalue weighted by Gasteiger charge is -2.07. The van der Waals surface area contributed by atoms with E-state index in [2.05, 4.69) is 5.32 Å².